The molecule has 2 rings (SSSR count). The summed E-state index contributed by atoms with van der Waals surface area (Å²) in [4.78, 5) is 12.8. The molecule has 2 fully saturated rings. The van der Waals surface area contributed by atoms with E-state index < -0.39 is 5.41 Å². The van der Waals surface area contributed by atoms with Gasteiger partial charge in [-0.25, -0.2) is 0 Å². The highest BCUT2D eigenvalue weighted by molar-refractivity contribution is 7.80. The molecule has 2 aliphatic rings. The highest BCUT2D eigenvalue weighted by Gasteiger charge is 2.47. The van der Waals surface area contributed by atoms with E-state index in [9.17, 15) is 4.79 Å². The third kappa shape index (κ3) is 2.40. The van der Waals surface area contributed by atoms with Crippen molar-refractivity contribution in [3.05, 3.63) is 0 Å². The molecular formula is C14H24N2OS. The number of nitrogens with two attached hydrogens (primary N) is 1. The minimum atomic E-state index is -0.530. The van der Waals surface area contributed by atoms with E-state index in [1.54, 1.807) is 0 Å². The number of hydrogen-bond acceptors (Lipinski definition) is 2. The maximum Gasteiger partial charge on any atom is 0.233 e. The van der Waals surface area contributed by atoms with Crippen molar-refractivity contribution in [2.45, 2.75) is 58.4 Å². The van der Waals surface area contributed by atoms with Gasteiger partial charge in [-0.05, 0) is 43.9 Å². The molecule has 4 heteroatoms. The second-order valence-electron chi connectivity index (χ2n) is 6.28. The molecule has 3 atom stereocenters. The molecule has 0 aromatic carbocycles. The zero-order valence-corrected chi connectivity index (χ0v) is 12.2. The summed E-state index contributed by atoms with van der Waals surface area (Å²) < 4.78 is 0. The van der Waals surface area contributed by atoms with Gasteiger partial charge in [-0.15, -0.1) is 0 Å². The lowest BCUT2D eigenvalue weighted by Crippen LogP contribution is -2.56. The van der Waals surface area contributed by atoms with Crippen LogP contribution >= 0.6 is 12.2 Å². The van der Waals surface area contributed by atoms with Gasteiger partial charge in [0.05, 0.1) is 10.4 Å². The molecule has 3 unspecified atom stereocenters. The van der Waals surface area contributed by atoms with Crippen LogP contribution in [0.4, 0.5) is 0 Å². The first-order chi connectivity index (χ1) is 8.45. The molecule has 18 heavy (non-hydrogen) atoms. The molecule has 3 nitrogen and oxygen atoms in total. The maximum atomic E-state index is 12.4. The van der Waals surface area contributed by atoms with Gasteiger partial charge < -0.3 is 11.1 Å². The third-order valence-electron chi connectivity index (χ3n) is 4.86. The first-order valence-electron chi connectivity index (χ1n) is 7.06. The molecule has 2 aliphatic carbocycles. The number of thiocarbonyl (C=S) groups is 1. The van der Waals surface area contributed by atoms with Gasteiger partial charge in [0.15, 0.2) is 0 Å². The molecule has 0 saturated heterocycles. The summed E-state index contributed by atoms with van der Waals surface area (Å²) >= 11 is 5.09. The van der Waals surface area contributed by atoms with Gasteiger partial charge in [-0.3, -0.25) is 4.79 Å². The molecular weight excluding hydrogens is 244 g/mol. The van der Waals surface area contributed by atoms with Gasteiger partial charge >= 0.3 is 0 Å². The fourth-order valence-electron chi connectivity index (χ4n) is 3.30. The van der Waals surface area contributed by atoms with Crippen LogP contribution in [-0.2, 0) is 4.79 Å². The number of nitrogens with one attached hydrogen (secondary N) is 1. The predicted octanol–water partition coefficient (Wildman–Crippen LogP) is 2.38. The summed E-state index contributed by atoms with van der Waals surface area (Å²) in [6, 6.07) is 0.306. The highest BCUT2D eigenvalue weighted by atomic mass is 32.1. The highest BCUT2D eigenvalue weighted by Crippen LogP contribution is 2.42. The summed E-state index contributed by atoms with van der Waals surface area (Å²) in [5.74, 6) is 1.41. The lowest BCUT2D eigenvalue weighted by atomic mass is 9.67. The molecule has 3 N–H and O–H groups in total. The second-order valence-corrected chi connectivity index (χ2v) is 6.72. The fourth-order valence-corrected chi connectivity index (χ4v) is 3.60. The van der Waals surface area contributed by atoms with E-state index in [1.807, 2.05) is 0 Å². The van der Waals surface area contributed by atoms with Gasteiger partial charge in [-0.1, -0.05) is 32.5 Å². The van der Waals surface area contributed by atoms with Crippen LogP contribution in [0.2, 0.25) is 0 Å². The Hall–Kier alpha value is -0.640. The molecule has 0 aromatic heterocycles. The zero-order chi connectivity index (χ0) is 13.3. The molecule has 0 heterocycles. The van der Waals surface area contributed by atoms with Crippen molar-refractivity contribution >= 4 is 23.1 Å². The van der Waals surface area contributed by atoms with Gasteiger partial charge in [-0.2, -0.15) is 0 Å². The van der Waals surface area contributed by atoms with Crippen molar-refractivity contribution in [1.29, 1.82) is 0 Å². The number of rotatable bonds is 3. The lowest BCUT2D eigenvalue weighted by Gasteiger charge is -2.42. The average molecular weight is 268 g/mol. The zero-order valence-electron chi connectivity index (χ0n) is 11.4. The second kappa shape index (κ2) is 5.16. The van der Waals surface area contributed by atoms with E-state index in [4.69, 9.17) is 18.0 Å². The standard InChI is InChI=1S/C14H24N2OS/c1-9-4-5-11(10(2)8-9)16-13(17)14(12(15)18)6-3-7-14/h9-11H,3-8H2,1-2H3,(H2,15,18)(H,16,17). The van der Waals surface area contributed by atoms with Crippen LogP contribution in [0.15, 0.2) is 0 Å². The van der Waals surface area contributed by atoms with Crippen LogP contribution in [0.25, 0.3) is 0 Å². The van der Waals surface area contributed by atoms with Crippen LogP contribution in [0.3, 0.4) is 0 Å². The summed E-state index contributed by atoms with van der Waals surface area (Å²) in [6.07, 6.45) is 6.20. The first-order valence-corrected chi connectivity index (χ1v) is 7.47. The SMILES string of the molecule is CC1CCC(NC(=O)C2(C(N)=S)CCC2)C(C)C1. The Morgan fingerprint density at radius 1 is 1.33 bits per heavy atom. The van der Waals surface area contributed by atoms with E-state index in [2.05, 4.69) is 19.2 Å². The van der Waals surface area contributed by atoms with Crippen molar-refractivity contribution in [2.75, 3.05) is 0 Å². The quantitative estimate of drug-likeness (QED) is 0.773. The first kappa shape index (κ1) is 13.8. The van der Waals surface area contributed by atoms with E-state index in [1.165, 1.54) is 12.8 Å². The molecule has 102 valence electrons. The van der Waals surface area contributed by atoms with E-state index >= 15 is 0 Å². The summed E-state index contributed by atoms with van der Waals surface area (Å²) in [6.45, 7) is 4.52. The molecule has 0 radical (unpaired) electrons. The molecule has 0 aliphatic heterocycles. The number of carbonyl (C=O) groups excluding carboxylic acids is 1. The van der Waals surface area contributed by atoms with Gasteiger partial charge in [0, 0.05) is 6.04 Å². The number of hydrogen-bond donors (Lipinski definition) is 2. The monoisotopic (exact) mass is 268 g/mol. The summed E-state index contributed by atoms with van der Waals surface area (Å²) in [5.41, 5.74) is 5.24. The minimum Gasteiger partial charge on any atom is -0.392 e. The van der Waals surface area contributed by atoms with Crippen molar-refractivity contribution in [3.63, 3.8) is 0 Å². The van der Waals surface area contributed by atoms with Crippen molar-refractivity contribution in [1.82, 2.24) is 5.32 Å². The normalized spacial score (nSPS) is 34.4. The molecule has 1 amide bonds. The van der Waals surface area contributed by atoms with E-state index in [-0.39, 0.29) is 5.91 Å². The van der Waals surface area contributed by atoms with Crippen LogP contribution in [0, 0.1) is 17.3 Å². The topological polar surface area (TPSA) is 55.1 Å². The van der Waals surface area contributed by atoms with Crippen LogP contribution in [0.1, 0.15) is 52.4 Å². The van der Waals surface area contributed by atoms with Crippen LogP contribution in [0.5, 0.6) is 0 Å². The summed E-state index contributed by atoms with van der Waals surface area (Å²) in [5, 5.41) is 3.21. The Morgan fingerprint density at radius 2 is 2.00 bits per heavy atom. The minimum absolute atomic E-state index is 0.0765. The Bertz CT molecular complexity index is 352. The van der Waals surface area contributed by atoms with E-state index in [0.29, 0.717) is 16.9 Å². The van der Waals surface area contributed by atoms with Crippen molar-refractivity contribution in [3.8, 4) is 0 Å². The Labute approximate surface area is 115 Å². The maximum absolute atomic E-state index is 12.4. The van der Waals surface area contributed by atoms with Gasteiger partial charge in [0.1, 0.15) is 0 Å². The van der Waals surface area contributed by atoms with Gasteiger partial charge in [0.2, 0.25) is 5.91 Å². The molecule has 0 spiro atoms. The summed E-state index contributed by atoms with van der Waals surface area (Å²) in [7, 11) is 0. The average Bonchev–Trinajstić information content (AvgIpc) is 2.19. The Kier molecular flexibility index (Phi) is 3.95. The largest absolute Gasteiger partial charge is 0.392 e. The Morgan fingerprint density at radius 3 is 2.44 bits per heavy atom. The predicted molar refractivity (Wildman–Crippen MR) is 77.2 cm³/mol. The van der Waals surface area contributed by atoms with Crippen LogP contribution in [-0.4, -0.2) is 16.9 Å². The third-order valence-corrected chi connectivity index (χ3v) is 5.25. The fraction of sp³-hybridized carbons (Fsp3) is 0.857. The molecule has 0 aromatic rings. The van der Waals surface area contributed by atoms with Crippen molar-refractivity contribution in [2.24, 2.45) is 23.0 Å². The smallest absolute Gasteiger partial charge is 0.233 e. The lowest BCUT2D eigenvalue weighted by molar-refractivity contribution is -0.132. The van der Waals surface area contributed by atoms with Gasteiger partial charge in [0.25, 0.3) is 0 Å². The molecule has 2 saturated carbocycles. The Balaban J connectivity index is 1.97. The number of amides is 1. The van der Waals surface area contributed by atoms with E-state index in [0.717, 1.165) is 31.6 Å². The van der Waals surface area contributed by atoms with Crippen molar-refractivity contribution < 1.29 is 4.79 Å². The molecule has 0 bridgehead atoms. The van der Waals surface area contributed by atoms with Crippen LogP contribution < -0.4 is 11.1 Å². The number of carbonyl (C=O) groups is 1.